The van der Waals surface area contributed by atoms with Gasteiger partial charge >= 0.3 is 6.09 Å². The molecule has 0 spiro atoms. The molecule has 0 aliphatic carbocycles. The summed E-state index contributed by atoms with van der Waals surface area (Å²) in [7, 11) is 0. The molecule has 0 aliphatic rings. The number of hydrogen-bond acceptors (Lipinski definition) is 3. The van der Waals surface area contributed by atoms with E-state index in [2.05, 4.69) is 24.5 Å². The number of ether oxygens (including phenoxy) is 1. The zero-order valence-corrected chi connectivity index (χ0v) is 9.81. The van der Waals surface area contributed by atoms with Crippen molar-refractivity contribution in [3.8, 4) is 0 Å². The molecule has 0 heterocycles. The van der Waals surface area contributed by atoms with Crippen LogP contribution in [0.1, 0.15) is 34.6 Å². The quantitative estimate of drug-likeness (QED) is 0.679. The number of alkyl carbamates (subject to hydrolysis) is 1. The van der Waals surface area contributed by atoms with E-state index in [1.165, 1.54) is 0 Å². The molecule has 0 fully saturated rings. The fourth-order valence-corrected chi connectivity index (χ4v) is 0.840. The van der Waals surface area contributed by atoms with Gasteiger partial charge in [0.1, 0.15) is 5.60 Å². The summed E-state index contributed by atoms with van der Waals surface area (Å²) in [5, 5.41) is 5.86. The molecule has 4 heteroatoms. The molecule has 0 saturated carbocycles. The number of carbonyl (C=O) groups is 1. The standard InChI is InChI=1S/C10H22N2O2/c1-8(2)11-6-7-12-9(13)14-10(3,4)5/h8,11H,6-7H2,1-5H3,(H,12,13). The lowest BCUT2D eigenvalue weighted by Gasteiger charge is -2.19. The third-order valence-electron chi connectivity index (χ3n) is 1.35. The van der Waals surface area contributed by atoms with Gasteiger partial charge in [-0.2, -0.15) is 0 Å². The second-order valence-electron chi connectivity index (χ2n) is 4.54. The van der Waals surface area contributed by atoms with Crippen molar-refractivity contribution in [1.82, 2.24) is 10.6 Å². The first-order valence-corrected chi connectivity index (χ1v) is 5.01. The predicted octanol–water partition coefficient (Wildman–Crippen LogP) is 1.51. The molecule has 0 unspecified atom stereocenters. The molecular formula is C10H22N2O2. The number of nitrogens with one attached hydrogen (secondary N) is 2. The zero-order chi connectivity index (χ0) is 11.2. The van der Waals surface area contributed by atoms with Crippen molar-refractivity contribution in [2.24, 2.45) is 0 Å². The average molecular weight is 202 g/mol. The van der Waals surface area contributed by atoms with Gasteiger partial charge in [-0.05, 0) is 20.8 Å². The van der Waals surface area contributed by atoms with Crippen LogP contribution in [0.2, 0.25) is 0 Å². The van der Waals surface area contributed by atoms with Crippen molar-refractivity contribution in [3.05, 3.63) is 0 Å². The van der Waals surface area contributed by atoms with Crippen LogP contribution in [-0.4, -0.2) is 30.8 Å². The van der Waals surface area contributed by atoms with E-state index in [-0.39, 0.29) is 6.09 Å². The van der Waals surface area contributed by atoms with E-state index in [1.807, 2.05) is 20.8 Å². The first kappa shape index (κ1) is 13.2. The fraction of sp³-hybridized carbons (Fsp3) is 0.900. The number of amides is 1. The van der Waals surface area contributed by atoms with Crippen LogP contribution in [0.3, 0.4) is 0 Å². The van der Waals surface area contributed by atoms with Gasteiger partial charge in [-0.25, -0.2) is 4.79 Å². The second-order valence-corrected chi connectivity index (χ2v) is 4.54. The third kappa shape index (κ3) is 9.32. The van der Waals surface area contributed by atoms with E-state index in [4.69, 9.17) is 4.74 Å². The van der Waals surface area contributed by atoms with E-state index >= 15 is 0 Å². The van der Waals surface area contributed by atoms with E-state index in [9.17, 15) is 4.79 Å². The highest BCUT2D eigenvalue weighted by molar-refractivity contribution is 5.67. The Morgan fingerprint density at radius 1 is 1.29 bits per heavy atom. The van der Waals surface area contributed by atoms with Crippen molar-refractivity contribution in [1.29, 1.82) is 0 Å². The minimum atomic E-state index is -0.421. The molecular weight excluding hydrogens is 180 g/mol. The van der Waals surface area contributed by atoms with Crippen LogP contribution in [0.4, 0.5) is 4.79 Å². The summed E-state index contributed by atoms with van der Waals surface area (Å²) in [5.41, 5.74) is -0.421. The molecule has 0 saturated heterocycles. The Morgan fingerprint density at radius 3 is 2.29 bits per heavy atom. The van der Waals surface area contributed by atoms with Gasteiger partial charge in [0.15, 0.2) is 0 Å². The monoisotopic (exact) mass is 202 g/mol. The van der Waals surface area contributed by atoms with Crippen LogP contribution in [-0.2, 0) is 4.74 Å². The maximum atomic E-state index is 11.1. The van der Waals surface area contributed by atoms with E-state index < -0.39 is 5.60 Å². The normalized spacial score (nSPS) is 11.6. The Hall–Kier alpha value is -0.770. The summed E-state index contributed by atoms with van der Waals surface area (Å²) in [6.45, 7) is 11.0. The van der Waals surface area contributed by atoms with Crippen molar-refractivity contribution in [2.45, 2.75) is 46.3 Å². The summed E-state index contributed by atoms with van der Waals surface area (Å²) in [6, 6.07) is 0.440. The van der Waals surface area contributed by atoms with Gasteiger partial charge in [-0.3, -0.25) is 0 Å². The molecule has 0 aromatic rings. The maximum absolute atomic E-state index is 11.1. The van der Waals surface area contributed by atoms with Crippen LogP contribution < -0.4 is 10.6 Å². The molecule has 0 aliphatic heterocycles. The molecule has 0 bridgehead atoms. The highest BCUT2D eigenvalue weighted by Crippen LogP contribution is 2.05. The molecule has 0 aromatic carbocycles. The topological polar surface area (TPSA) is 50.4 Å². The number of hydrogen-bond donors (Lipinski definition) is 2. The second kappa shape index (κ2) is 5.86. The Kier molecular flexibility index (Phi) is 5.53. The number of carbonyl (C=O) groups excluding carboxylic acids is 1. The van der Waals surface area contributed by atoms with E-state index in [1.54, 1.807) is 0 Å². The molecule has 4 nitrogen and oxygen atoms in total. The lowest BCUT2D eigenvalue weighted by Crippen LogP contribution is -2.37. The average Bonchev–Trinajstić information content (AvgIpc) is 1.94. The van der Waals surface area contributed by atoms with Crippen molar-refractivity contribution >= 4 is 6.09 Å². The first-order valence-electron chi connectivity index (χ1n) is 5.01. The smallest absolute Gasteiger partial charge is 0.407 e. The minimum Gasteiger partial charge on any atom is -0.444 e. The van der Waals surface area contributed by atoms with Crippen LogP contribution in [0.15, 0.2) is 0 Å². The van der Waals surface area contributed by atoms with E-state index in [0.717, 1.165) is 6.54 Å². The largest absolute Gasteiger partial charge is 0.444 e. The fourth-order valence-electron chi connectivity index (χ4n) is 0.840. The number of rotatable bonds is 4. The molecule has 0 rings (SSSR count). The highest BCUT2D eigenvalue weighted by atomic mass is 16.6. The molecule has 0 aromatic heterocycles. The van der Waals surface area contributed by atoms with E-state index in [0.29, 0.717) is 12.6 Å². The lowest BCUT2D eigenvalue weighted by molar-refractivity contribution is 0.0528. The molecule has 84 valence electrons. The lowest BCUT2D eigenvalue weighted by atomic mass is 10.2. The Labute approximate surface area is 86.4 Å². The van der Waals surface area contributed by atoms with Crippen LogP contribution in [0.5, 0.6) is 0 Å². The van der Waals surface area contributed by atoms with Gasteiger partial charge in [-0.1, -0.05) is 13.8 Å². The van der Waals surface area contributed by atoms with Gasteiger partial charge in [0.05, 0.1) is 0 Å². The summed E-state index contributed by atoms with van der Waals surface area (Å²) in [4.78, 5) is 11.1. The first-order chi connectivity index (χ1) is 6.31. The molecule has 14 heavy (non-hydrogen) atoms. The van der Waals surface area contributed by atoms with Crippen LogP contribution in [0, 0.1) is 0 Å². The maximum Gasteiger partial charge on any atom is 0.407 e. The van der Waals surface area contributed by atoms with Crippen molar-refractivity contribution in [2.75, 3.05) is 13.1 Å². The summed E-state index contributed by atoms with van der Waals surface area (Å²) in [5.74, 6) is 0. The van der Waals surface area contributed by atoms with Gasteiger partial charge in [0, 0.05) is 19.1 Å². The minimum absolute atomic E-state index is 0.358. The van der Waals surface area contributed by atoms with Gasteiger partial charge < -0.3 is 15.4 Å². The van der Waals surface area contributed by atoms with Crippen LogP contribution >= 0.6 is 0 Å². The molecule has 0 atom stereocenters. The summed E-state index contributed by atoms with van der Waals surface area (Å²) >= 11 is 0. The van der Waals surface area contributed by atoms with Crippen molar-refractivity contribution in [3.63, 3.8) is 0 Å². The predicted molar refractivity (Wildman–Crippen MR) is 57.4 cm³/mol. The zero-order valence-electron chi connectivity index (χ0n) is 9.81. The Morgan fingerprint density at radius 2 is 1.86 bits per heavy atom. The van der Waals surface area contributed by atoms with Gasteiger partial charge in [0.2, 0.25) is 0 Å². The van der Waals surface area contributed by atoms with Crippen molar-refractivity contribution < 1.29 is 9.53 Å². The highest BCUT2D eigenvalue weighted by Gasteiger charge is 2.15. The molecule has 1 amide bonds. The SMILES string of the molecule is CC(C)NCCNC(=O)OC(C)(C)C. The molecule has 0 radical (unpaired) electrons. The van der Waals surface area contributed by atoms with Gasteiger partial charge in [-0.15, -0.1) is 0 Å². The molecule has 2 N–H and O–H groups in total. The third-order valence-corrected chi connectivity index (χ3v) is 1.35. The van der Waals surface area contributed by atoms with Crippen LogP contribution in [0.25, 0.3) is 0 Å². The summed E-state index contributed by atoms with van der Waals surface area (Å²) < 4.78 is 5.07. The Bertz CT molecular complexity index is 173. The summed E-state index contributed by atoms with van der Waals surface area (Å²) in [6.07, 6.45) is -0.358. The van der Waals surface area contributed by atoms with Gasteiger partial charge in [0.25, 0.3) is 0 Å². The Balaban J connectivity index is 3.46.